The Kier molecular flexibility index (Phi) is 3.29. The highest BCUT2D eigenvalue weighted by molar-refractivity contribution is 5.99. The average molecular weight is 261 g/mol. The van der Waals surface area contributed by atoms with Gasteiger partial charge in [-0.1, -0.05) is 48.5 Å². The SMILES string of the molecule is Cc1ccc(CN)cc1-c1ccc(C)c2ccccc12. The van der Waals surface area contributed by atoms with E-state index >= 15 is 0 Å². The van der Waals surface area contributed by atoms with Crippen molar-refractivity contribution in [1.29, 1.82) is 0 Å². The molecule has 1 nitrogen and oxygen atoms in total. The van der Waals surface area contributed by atoms with Gasteiger partial charge in [-0.25, -0.2) is 0 Å². The Morgan fingerprint density at radius 3 is 2.20 bits per heavy atom. The van der Waals surface area contributed by atoms with E-state index < -0.39 is 0 Å². The number of hydrogen-bond donors (Lipinski definition) is 1. The van der Waals surface area contributed by atoms with Crippen LogP contribution in [0.3, 0.4) is 0 Å². The van der Waals surface area contributed by atoms with Crippen LogP contribution < -0.4 is 5.73 Å². The molecule has 0 amide bonds. The van der Waals surface area contributed by atoms with Gasteiger partial charge in [0.2, 0.25) is 0 Å². The Morgan fingerprint density at radius 2 is 1.45 bits per heavy atom. The molecule has 0 aliphatic rings. The molecule has 0 radical (unpaired) electrons. The maximum atomic E-state index is 5.78. The molecule has 0 fully saturated rings. The maximum absolute atomic E-state index is 5.78. The number of rotatable bonds is 2. The first-order valence-corrected chi connectivity index (χ1v) is 6.99. The zero-order valence-corrected chi connectivity index (χ0v) is 12.0. The molecule has 0 saturated carbocycles. The Balaban J connectivity index is 2.33. The fourth-order valence-electron chi connectivity index (χ4n) is 2.77. The Hall–Kier alpha value is -2.12. The van der Waals surface area contributed by atoms with Crippen LogP contribution in [0.2, 0.25) is 0 Å². The Bertz CT molecular complexity index is 772. The minimum Gasteiger partial charge on any atom is -0.326 e. The zero-order chi connectivity index (χ0) is 14.1. The predicted molar refractivity (Wildman–Crippen MR) is 86.7 cm³/mol. The molecule has 1 heteroatoms. The highest BCUT2D eigenvalue weighted by atomic mass is 14.5. The fourth-order valence-corrected chi connectivity index (χ4v) is 2.77. The van der Waals surface area contributed by atoms with Gasteiger partial charge >= 0.3 is 0 Å². The van der Waals surface area contributed by atoms with Gasteiger partial charge in [0, 0.05) is 6.54 Å². The summed E-state index contributed by atoms with van der Waals surface area (Å²) in [5.41, 5.74) is 12.1. The molecule has 20 heavy (non-hydrogen) atoms. The van der Waals surface area contributed by atoms with E-state index in [2.05, 4.69) is 68.4 Å². The van der Waals surface area contributed by atoms with Gasteiger partial charge < -0.3 is 5.73 Å². The molecular formula is C19H19N. The van der Waals surface area contributed by atoms with Crippen molar-refractivity contribution in [3.8, 4) is 11.1 Å². The molecule has 3 aromatic carbocycles. The molecule has 0 spiro atoms. The van der Waals surface area contributed by atoms with E-state index in [1.807, 2.05) is 0 Å². The van der Waals surface area contributed by atoms with Crippen LogP contribution in [-0.4, -0.2) is 0 Å². The van der Waals surface area contributed by atoms with E-state index in [1.54, 1.807) is 0 Å². The number of hydrogen-bond acceptors (Lipinski definition) is 1. The summed E-state index contributed by atoms with van der Waals surface area (Å²) in [6.07, 6.45) is 0. The van der Waals surface area contributed by atoms with Crippen molar-refractivity contribution in [2.45, 2.75) is 20.4 Å². The van der Waals surface area contributed by atoms with Crippen molar-refractivity contribution in [2.75, 3.05) is 0 Å². The molecule has 2 N–H and O–H groups in total. The van der Waals surface area contributed by atoms with E-state index in [1.165, 1.54) is 38.6 Å². The highest BCUT2D eigenvalue weighted by Gasteiger charge is 2.08. The third-order valence-electron chi connectivity index (χ3n) is 3.97. The largest absolute Gasteiger partial charge is 0.326 e. The number of aryl methyl sites for hydroxylation is 2. The van der Waals surface area contributed by atoms with Gasteiger partial charge in [-0.05, 0) is 58.5 Å². The number of nitrogens with two attached hydrogens (primary N) is 1. The molecule has 0 aliphatic carbocycles. The summed E-state index contributed by atoms with van der Waals surface area (Å²) >= 11 is 0. The maximum Gasteiger partial charge on any atom is 0.0178 e. The average Bonchev–Trinajstić information content (AvgIpc) is 2.49. The minimum absolute atomic E-state index is 0.580. The van der Waals surface area contributed by atoms with Crippen LogP contribution >= 0.6 is 0 Å². The topological polar surface area (TPSA) is 26.0 Å². The summed E-state index contributed by atoms with van der Waals surface area (Å²) in [4.78, 5) is 0. The van der Waals surface area contributed by atoms with Gasteiger partial charge in [-0.15, -0.1) is 0 Å². The summed E-state index contributed by atoms with van der Waals surface area (Å²) in [6.45, 7) is 4.90. The second kappa shape index (κ2) is 5.10. The summed E-state index contributed by atoms with van der Waals surface area (Å²) in [5.74, 6) is 0. The first kappa shape index (κ1) is 12.9. The van der Waals surface area contributed by atoms with Crippen molar-refractivity contribution < 1.29 is 0 Å². The van der Waals surface area contributed by atoms with Gasteiger partial charge in [0.25, 0.3) is 0 Å². The molecule has 0 bridgehead atoms. The van der Waals surface area contributed by atoms with Crippen molar-refractivity contribution in [1.82, 2.24) is 0 Å². The van der Waals surface area contributed by atoms with Crippen molar-refractivity contribution in [3.63, 3.8) is 0 Å². The molecule has 0 saturated heterocycles. The molecular weight excluding hydrogens is 242 g/mol. The summed E-state index contributed by atoms with van der Waals surface area (Å²) in [6, 6.07) is 19.5. The van der Waals surface area contributed by atoms with Gasteiger partial charge in [-0.3, -0.25) is 0 Å². The van der Waals surface area contributed by atoms with E-state index in [-0.39, 0.29) is 0 Å². The zero-order valence-electron chi connectivity index (χ0n) is 12.0. The number of benzene rings is 3. The predicted octanol–water partition coefficient (Wildman–Crippen LogP) is 4.58. The quantitative estimate of drug-likeness (QED) is 0.717. The van der Waals surface area contributed by atoms with E-state index in [0.29, 0.717) is 6.54 Å². The van der Waals surface area contributed by atoms with Crippen LogP contribution in [0, 0.1) is 13.8 Å². The van der Waals surface area contributed by atoms with Crippen molar-refractivity contribution >= 4 is 10.8 Å². The van der Waals surface area contributed by atoms with Crippen LogP contribution in [0.4, 0.5) is 0 Å². The fraction of sp³-hybridized carbons (Fsp3) is 0.158. The van der Waals surface area contributed by atoms with Gasteiger partial charge in [-0.2, -0.15) is 0 Å². The first-order valence-electron chi connectivity index (χ1n) is 6.99. The molecule has 0 aromatic heterocycles. The lowest BCUT2D eigenvalue weighted by molar-refractivity contribution is 1.07. The van der Waals surface area contributed by atoms with E-state index in [0.717, 1.165) is 0 Å². The second-order valence-corrected chi connectivity index (χ2v) is 5.33. The normalized spacial score (nSPS) is 10.9. The summed E-state index contributed by atoms with van der Waals surface area (Å²) in [7, 11) is 0. The molecule has 0 unspecified atom stereocenters. The first-order chi connectivity index (χ1) is 9.70. The van der Waals surface area contributed by atoms with E-state index in [4.69, 9.17) is 5.73 Å². The van der Waals surface area contributed by atoms with Crippen LogP contribution in [0.25, 0.3) is 21.9 Å². The monoisotopic (exact) mass is 261 g/mol. The minimum atomic E-state index is 0.580. The van der Waals surface area contributed by atoms with E-state index in [9.17, 15) is 0 Å². The lowest BCUT2D eigenvalue weighted by Crippen LogP contribution is -1.97. The molecule has 100 valence electrons. The highest BCUT2D eigenvalue weighted by Crippen LogP contribution is 2.33. The molecule has 3 aromatic rings. The smallest absolute Gasteiger partial charge is 0.0178 e. The van der Waals surface area contributed by atoms with Crippen LogP contribution in [0.1, 0.15) is 16.7 Å². The Labute approximate surface area is 120 Å². The molecule has 0 heterocycles. The molecule has 3 rings (SSSR count). The standard InChI is InChI=1S/C19H19N/c1-13-8-10-18(17-6-4-3-5-16(13)17)19-11-15(12-20)9-7-14(19)2/h3-11H,12,20H2,1-2H3. The molecule has 0 atom stereocenters. The van der Waals surface area contributed by atoms with Gasteiger partial charge in [0.1, 0.15) is 0 Å². The lowest BCUT2D eigenvalue weighted by Gasteiger charge is -2.13. The summed E-state index contributed by atoms with van der Waals surface area (Å²) < 4.78 is 0. The van der Waals surface area contributed by atoms with Gasteiger partial charge in [0.15, 0.2) is 0 Å². The molecule has 0 aliphatic heterocycles. The summed E-state index contributed by atoms with van der Waals surface area (Å²) in [5, 5.41) is 2.63. The number of fused-ring (bicyclic) bond motifs is 1. The lowest BCUT2D eigenvalue weighted by atomic mass is 9.92. The van der Waals surface area contributed by atoms with Crippen LogP contribution in [-0.2, 0) is 6.54 Å². The van der Waals surface area contributed by atoms with Gasteiger partial charge in [0.05, 0.1) is 0 Å². The van der Waals surface area contributed by atoms with Crippen molar-refractivity contribution in [2.24, 2.45) is 5.73 Å². The second-order valence-electron chi connectivity index (χ2n) is 5.33. The third kappa shape index (κ3) is 2.10. The van der Waals surface area contributed by atoms with Crippen LogP contribution in [0.5, 0.6) is 0 Å². The third-order valence-corrected chi connectivity index (χ3v) is 3.97. The van der Waals surface area contributed by atoms with Crippen LogP contribution in [0.15, 0.2) is 54.6 Å². The Morgan fingerprint density at radius 1 is 0.750 bits per heavy atom. The van der Waals surface area contributed by atoms with Crippen molar-refractivity contribution in [3.05, 3.63) is 71.3 Å².